The zero-order valence-electron chi connectivity index (χ0n) is 10.9. The van der Waals surface area contributed by atoms with Gasteiger partial charge in [0.1, 0.15) is 0 Å². The SMILES string of the molecule is Cc1nc(CCNC(C)c2cc(Cl)ccc2Cl)cs1. The molecular weight excluding hydrogens is 299 g/mol. The van der Waals surface area contributed by atoms with Crippen molar-refractivity contribution < 1.29 is 0 Å². The molecule has 2 rings (SSSR count). The van der Waals surface area contributed by atoms with E-state index in [9.17, 15) is 0 Å². The maximum Gasteiger partial charge on any atom is 0.0897 e. The summed E-state index contributed by atoms with van der Waals surface area (Å²) in [5, 5.41) is 8.12. The van der Waals surface area contributed by atoms with Crippen LogP contribution in [0.25, 0.3) is 0 Å². The first-order valence-corrected chi connectivity index (χ1v) is 7.79. The second kappa shape index (κ2) is 6.71. The summed E-state index contributed by atoms with van der Waals surface area (Å²) >= 11 is 13.9. The van der Waals surface area contributed by atoms with Crippen molar-refractivity contribution in [3.63, 3.8) is 0 Å². The summed E-state index contributed by atoms with van der Waals surface area (Å²) in [5.41, 5.74) is 2.17. The molecule has 1 aromatic carbocycles. The average Bonchev–Trinajstić information content (AvgIpc) is 2.78. The highest BCUT2D eigenvalue weighted by Gasteiger charge is 2.10. The van der Waals surface area contributed by atoms with Crippen molar-refractivity contribution in [2.45, 2.75) is 26.3 Å². The van der Waals surface area contributed by atoms with Crippen molar-refractivity contribution in [3.8, 4) is 0 Å². The van der Waals surface area contributed by atoms with Crippen LogP contribution in [0.3, 0.4) is 0 Å². The lowest BCUT2D eigenvalue weighted by atomic mass is 10.1. The fraction of sp³-hybridized carbons (Fsp3) is 0.357. The Morgan fingerprint density at radius 2 is 2.16 bits per heavy atom. The number of aromatic nitrogens is 1. The van der Waals surface area contributed by atoms with Gasteiger partial charge in [0.2, 0.25) is 0 Å². The second-order valence-electron chi connectivity index (χ2n) is 4.45. The maximum absolute atomic E-state index is 6.18. The van der Waals surface area contributed by atoms with Gasteiger partial charge in [0.15, 0.2) is 0 Å². The number of nitrogens with zero attached hydrogens (tertiary/aromatic N) is 1. The molecule has 0 saturated carbocycles. The summed E-state index contributed by atoms with van der Waals surface area (Å²) in [5.74, 6) is 0. The molecule has 0 aliphatic rings. The van der Waals surface area contributed by atoms with Crippen LogP contribution in [-0.2, 0) is 6.42 Å². The Bertz CT molecular complexity index is 554. The summed E-state index contributed by atoms with van der Waals surface area (Å²) in [7, 11) is 0. The number of hydrogen-bond acceptors (Lipinski definition) is 3. The minimum atomic E-state index is 0.172. The molecule has 1 N–H and O–H groups in total. The Balaban J connectivity index is 1.90. The summed E-state index contributed by atoms with van der Waals surface area (Å²) in [6.45, 7) is 4.98. The zero-order chi connectivity index (χ0) is 13.8. The van der Waals surface area contributed by atoms with Gasteiger partial charge < -0.3 is 5.32 Å². The van der Waals surface area contributed by atoms with Crippen LogP contribution in [-0.4, -0.2) is 11.5 Å². The van der Waals surface area contributed by atoms with E-state index in [1.165, 1.54) is 0 Å². The van der Waals surface area contributed by atoms with Gasteiger partial charge in [-0.2, -0.15) is 0 Å². The van der Waals surface area contributed by atoms with Crippen molar-refractivity contribution in [2.24, 2.45) is 0 Å². The Morgan fingerprint density at radius 1 is 1.37 bits per heavy atom. The van der Waals surface area contributed by atoms with Crippen molar-refractivity contribution in [2.75, 3.05) is 6.54 Å². The van der Waals surface area contributed by atoms with Crippen molar-refractivity contribution >= 4 is 34.5 Å². The van der Waals surface area contributed by atoms with Crippen LogP contribution < -0.4 is 5.32 Å². The van der Waals surface area contributed by atoms with Crippen molar-refractivity contribution in [3.05, 3.63) is 49.9 Å². The van der Waals surface area contributed by atoms with Gasteiger partial charge in [-0.25, -0.2) is 4.98 Å². The highest BCUT2D eigenvalue weighted by Crippen LogP contribution is 2.26. The summed E-state index contributed by atoms with van der Waals surface area (Å²) in [6.07, 6.45) is 0.923. The lowest BCUT2D eigenvalue weighted by Crippen LogP contribution is -2.21. The number of hydrogen-bond donors (Lipinski definition) is 1. The third-order valence-corrected chi connectivity index (χ3v) is 4.32. The van der Waals surface area contributed by atoms with Gasteiger partial charge in [-0.3, -0.25) is 0 Å². The average molecular weight is 315 g/mol. The monoisotopic (exact) mass is 314 g/mol. The molecule has 0 amide bonds. The van der Waals surface area contributed by atoms with Crippen LogP contribution in [0.2, 0.25) is 10.0 Å². The van der Waals surface area contributed by atoms with Crippen molar-refractivity contribution in [1.82, 2.24) is 10.3 Å². The van der Waals surface area contributed by atoms with Gasteiger partial charge >= 0.3 is 0 Å². The molecule has 0 aliphatic carbocycles. The minimum Gasteiger partial charge on any atom is -0.310 e. The molecule has 0 aliphatic heterocycles. The maximum atomic E-state index is 6.18. The molecule has 102 valence electrons. The molecule has 1 unspecified atom stereocenters. The molecule has 1 heterocycles. The van der Waals surface area contributed by atoms with Crippen LogP contribution in [0.1, 0.15) is 29.2 Å². The minimum absolute atomic E-state index is 0.172. The molecule has 1 atom stereocenters. The predicted octanol–water partition coefficient (Wildman–Crippen LogP) is 4.65. The van der Waals surface area contributed by atoms with E-state index >= 15 is 0 Å². The third kappa shape index (κ3) is 4.18. The largest absolute Gasteiger partial charge is 0.310 e. The fourth-order valence-corrected chi connectivity index (χ4v) is 3.01. The molecule has 0 saturated heterocycles. The highest BCUT2D eigenvalue weighted by atomic mass is 35.5. The molecule has 0 spiro atoms. The quantitative estimate of drug-likeness (QED) is 0.868. The first-order valence-electron chi connectivity index (χ1n) is 6.15. The molecular formula is C14H16Cl2N2S. The zero-order valence-corrected chi connectivity index (χ0v) is 13.2. The number of aryl methyl sites for hydroxylation is 1. The third-order valence-electron chi connectivity index (χ3n) is 2.92. The lowest BCUT2D eigenvalue weighted by Gasteiger charge is -2.15. The molecule has 0 radical (unpaired) electrons. The summed E-state index contributed by atoms with van der Waals surface area (Å²) < 4.78 is 0. The van der Waals surface area contributed by atoms with E-state index in [2.05, 4.69) is 22.6 Å². The van der Waals surface area contributed by atoms with Crippen LogP contribution >= 0.6 is 34.5 Å². The molecule has 0 bridgehead atoms. The van der Waals surface area contributed by atoms with E-state index in [4.69, 9.17) is 23.2 Å². The lowest BCUT2D eigenvalue weighted by molar-refractivity contribution is 0.574. The van der Waals surface area contributed by atoms with Gasteiger partial charge in [0.25, 0.3) is 0 Å². The Labute approximate surface area is 127 Å². The second-order valence-corrected chi connectivity index (χ2v) is 6.36. The fourth-order valence-electron chi connectivity index (χ4n) is 1.90. The number of thiazole rings is 1. The van der Waals surface area contributed by atoms with Gasteiger partial charge in [0, 0.05) is 34.4 Å². The first kappa shape index (κ1) is 14.8. The molecule has 1 aromatic heterocycles. The smallest absolute Gasteiger partial charge is 0.0897 e. The number of benzene rings is 1. The van der Waals surface area contributed by atoms with Crippen LogP contribution in [0.4, 0.5) is 0 Å². The Hall–Kier alpha value is -0.610. The van der Waals surface area contributed by atoms with E-state index in [-0.39, 0.29) is 6.04 Å². The van der Waals surface area contributed by atoms with Crippen LogP contribution in [0.5, 0.6) is 0 Å². The van der Waals surface area contributed by atoms with E-state index in [0.29, 0.717) is 5.02 Å². The molecule has 2 aromatic rings. The molecule has 2 nitrogen and oxygen atoms in total. The molecule has 0 fully saturated rings. The van der Waals surface area contributed by atoms with E-state index in [0.717, 1.165) is 34.3 Å². The standard InChI is InChI=1S/C14H16Cl2N2S/c1-9(13-7-11(15)3-4-14(13)16)17-6-5-12-8-19-10(2)18-12/h3-4,7-9,17H,5-6H2,1-2H3. The Kier molecular flexibility index (Phi) is 5.22. The molecule has 19 heavy (non-hydrogen) atoms. The summed E-state index contributed by atoms with van der Waals surface area (Å²) in [6, 6.07) is 5.72. The topological polar surface area (TPSA) is 24.9 Å². The first-order chi connectivity index (χ1) is 9.06. The van der Waals surface area contributed by atoms with E-state index < -0.39 is 0 Å². The van der Waals surface area contributed by atoms with Gasteiger partial charge in [-0.1, -0.05) is 23.2 Å². The van der Waals surface area contributed by atoms with Crippen molar-refractivity contribution in [1.29, 1.82) is 0 Å². The normalized spacial score (nSPS) is 12.6. The van der Waals surface area contributed by atoms with E-state index in [1.807, 2.05) is 19.1 Å². The molecule has 5 heteroatoms. The van der Waals surface area contributed by atoms with Crippen LogP contribution in [0, 0.1) is 6.92 Å². The van der Waals surface area contributed by atoms with Crippen LogP contribution in [0.15, 0.2) is 23.6 Å². The number of nitrogens with one attached hydrogen (secondary N) is 1. The van der Waals surface area contributed by atoms with Gasteiger partial charge in [-0.05, 0) is 37.6 Å². The van der Waals surface area contributed by atoms with Gasteiger partial charge in [-0.15, -0.1) is 11.3 Å². The van der Waals surface area contributed by atoms with E-state index in [1.54, 1.807) is 17.4 Å². The summed E-state index contributed by atoms with van der Waals surface area (Å²) in [4.78, 5) is 4.44. The van der Waals surface area contributed by atoms with Gasteiger partial charge in [0.05, 0.1) is 10.7 Å². The Morgan fingerprint density at radius 3 is 2.84 bits per heavy atom. The predicted molar refractivity (Wildman–Crippen MR) is 83.4 cm³/mol. The number of halogens is 2. The highest BCUT2D eigenvalue weighted by molar-refractivity contribution is 7.09. The number of rotatable bonds is 5.